The maximum Gasteiger partial charge on any atom is 0.333 e. The molecule has 0 aliphatic heterocycles. The van der Waals surface area contributed by atoms with E-state index in [9.17, 15) is 4.79 Å². The van der Waals surface area contributed by atoms with Crippen LogP contribution in [0.5, 0.6) is 0 Å². The van der Waals surface area contributed by atoms with Crippen molar-refractivity contribution in [2.45, 2.75) is 19.4 Å². The van der Waals surface area contributed by atoms with Crippen LogP contribution in [0.25, 0.3) is 6.08 Å². The molecule has 80 valence electrons. The van der Waals surface area contributed by atoms with Gasteiger partial charge in [0.2, 0.25) is 0 Å². The number of fused-ring (bicyclic) bond motifs is 1. The molecule has 1 aliphatic rings. The van der Waals surface area contributed by atoms with E-state index in [2.05, 4.69) is 4.74 Å². The molecule has 0 fully saturated rings. The first-order chi connectivity index (χ1) is 7.24. The lowest BCUT2D eigenvalue weighted by atomic mass is 9.98. The zero-order valence-corrected chi connectivity index (χ0v) is 9.26. The summed E-state index contributed by atoms with van der Waals surface area (Å²) >= 11 is 1.53. The summed E-state index contributed by atoms with van der Waals surface area (Å²) in [6.45, 7) is 0.0685. The second-order valence-corrected chi connectivity index (χ2v) is 4.59. The van der Waals surface area contributed by atoms with Gasteiger partial charge < -0.3 is 9.84 Å². The molecule has 0 spiro atoms. The summed E-state index contributed by atoms with van der Waals surface area (Å²) in [6, 6.07) is 2.00. The first-order valence-corrected chi connectivity index (χ1v) is 5.57. The smallest absolute Gasteiger partial charge is 0.333 e. The Balaban J connectivity index is 2.32. The number of rotatable bonds is 2. The first kappa shape index (κ1) is 10.4. The molecule has 0 saturated carbocycles. The summed E-state index contributed by atoms with van der Waals surface area (Å²) < 4.78 is 4.69. The number of carbonyl (C=O) groups is 1. The lowest BCUT2D eigenvalue weighted by Crippen LogP contribution is -2.08. The predicted molar refractivity (Wildman–Crippen MR) is 58.6 cm³/mol. The third-order valence-corrected chi connectivity index (χ3v) is 3.57. The lowest BCUT2D eigenvalue weighted by molar-refractivity contribution is -0.136. The van der Waals surface area contributed by atoms with Gasteiger partial charge in [-0.1, -0.05) is 0 Å². The van der Waals surface area contributed by atoms with Crippen molar-refractivity contribution in [1.82, 2.24) is 0 Å². The molecule has 0 amide bonds. The Morgan fingerprint density at radius 1 is 1.60 bits per heavy atom. The zero-order chi connectivity index (χ0) is 10.8. The van der Waals surface area contributed by atoms with Gasteiger partial charge in [-0.15, -0.1) is 11.3 Å². The van der Waals surface area contributed by atoms with Crippen molar-refractivity contribution < 1.29 is 14.6 Å². The number of hydrogen-bond acceptors (Lipinski definition) is 4. The normalized spacial score (nSPS) is 14.4. The number of hydrogen-bond donors (Lipinski definition) is 1. The van der Waals surface area contributed by atoms with Crippen LogP contribution < -0.4 is 0 Å². The topological polar surface area (TPSA) is 46.5 Å². The Kier molecular flexibility index (Phi) is 2.88. The predicted octanol–water partition coefficient (Wildman–Crippen LogP) is 1.74. The summed E-state index contributed by atoms with van der Waals surface area (Å²) in [4.78, 5) is 13.3. The van der Waals surface area contributed by atoms with Gasteiger partial charge in [-0.2, -0.15) is 0 Å². The van der Waals surface area contributed by atoms with Gasteiger partial charge >= 0.3 is 5.97 Å². The highest BCUT2D eigenvalue weighted by Gasteiger charge is 2.18. The minimum atomic E-state index is -0.250. The Hall–Kier alpha value is -1.13. The highest BCUT2D eigenvalue weighted by Crippen LogP contribution is 2.31. The Labute approximate surface area is 92.0 Å². The van der Waals surface area contributed by atoms with E-state index < -0.39 is 0 Å². The fraction of sp³-hybridized carbons (Fsp3) is 0.364. The van der Waals surface area contributed by atoms with Gasteiger partial charge in [0.1, 0.15) is 0 Å². The van der Waals surface area contributed by atoms with E-state index in [1.807, 2.05) is 12.1 Å². The van der Waals surface area contributed by atoms with E-state index in [0.29, 0.717) is 0 Å². The van der Waals surface area contributed by atoms with Gasteiger partial charge in [0.15, 0.2) is 0 Å². The Morgan fingerprint density at radius 3 is 3.07 bits per heavy atom. The van der Waals surface area contributed by atoms with Crippen molar-refractivity contribution in [3.63, 3.8) is 0 Å². The fourth-order valence-electron chi connectivity index (χ4n) is 1.69. The standard InChI is InChI=1S/C11H12O3S/c1-14-11(13)8-3-2-7-4-9(6-12)15-10(7)5-8/h4-5,12H,2-3,6H2,1H3. The van der Waals surface area contributed by atoms with Crippen molar-refractivity contribution in [2.24, 2.45) is 0 Å². The van der Waals surface area contributed by atoms with Crippen molar-refractivity contribution in [2.75, 3.05) is 7.11 Å². The molecule has 0 bridgehead atoms. The number of ether oxygens (including phenoxy) is 1. The summed E-state index contributed by atoms with van der Waals surface area (Å²) in [5.41, 5.74) is 1.94. The molecule has 1 heterocycles. The van der Waals surface area contributed by atoms with Crippen LogP contribution in [0.1, 0.15) is 21.7 Å². The molecule has 0 aromatic carbocycles. The van der Waals surface area contributed by atoms with Gasteiger partial charge in [-0.25, -0.2) is 4.79 Å². The van der Waals surface area contributed by atoms with E-state index in [4.69, 9.17) is 5.11 Å². The fourth-order valence-corrected chi connectivity index (χ4v) is 2.73. The summed E-state index contributed by atoms with van der Waals surface area (Å²) in [5.74, 6) is -0.250. The number of aliphatic hydroxyl groups excluding tert-OH is 1. The van der Waals surface area contributed by atoms with E-state index in [1.165, 1.54) is 24.0 Å². The molecule has 3 nitrogen and oxygen atoms in total. The van der Waals surface area contributed by atoms with Crippen molar-refractivity contribution in [1.29, 1.82) is 0 Å². The molecule has 15 heavy (non-hydrogen) atoms. The second-order valence-electron chi connectivity index (χ2n) is 3.42. The lowest BCUT2D eigenvalue weighted by Gasteiger charge is -2.10. The molecule has 0 radical (unpaired) electrons. The van der Waals surface area contributed by atoms with E-state index >= 15 is 0 Å². The van der Waals surface area contributed by atoms with Crippen LogP contribution in [0.3, 0.4) is 0 Å². The summed E-state index contributed by atoms with van der Waals surface area (Å²) in [5, 5.41) is 9.01. The maximum atomic E-state index is 11.3. The van der Waals surface area contributed by atoms with Crippen LogP contribution in [0.2, 0.25) is 0 Å². The number of esters is 1. The zero-order valence-electron chi connectivity index (χ0n) is 8.45. The average molecular weight is 224 g/mol. The van der Waals surface area contributed by atoms with Gasteiger partial charge in [0.05, 0.1) is 13.7 Å². The quantitative estimate of drug-likeness (QED) is 0.778. The molecule has 1 aromatic rings. The van der Waals surface area contributed by atoms with Crippen molar-refractivity contribution in [3.05, 3.63) is 27.0 Å². The Morgan fingerprint density at radius 2 is 2.40 bits per heavy atom. The number of aliphatic hydroxyl groups is 1. The highest BCUT2D eigenvalue weighted by atomic mass is 32.1. The first-order valence-electron chi connectivity index (χ1n) is 4.76. The molecule has 2 rings (SSSR count). The largest absolute Gasteiger partial charge is 0.466 e. The Bertz CT molecular complexity index is 417. The van der Waals surface area contributed by atoms with E-state index in [-0.39, 0.29) is 12.6 Å². The molecule has 0 saturated heterocycles. The monoisotopic (exact) mass is 224 g/mol. The number of methoxy groups -OCH3 is 1. The van der Waals surface area contributed by atoms with E-state index in [1.54, 1.807) is 0 Å². The van der Waals surface area contributed by atoms with Crippen LogP contribution in [-0.2, 0) is 22.6 Å². The minimum absolute atomic E-state index is 0.0685. The van der Waals surface area contributed by atoms with Gasteiger partial charge in [0.25, 0.3) is 0 Å². The molecule has 1 N–H and O–H groups in total. The average Bonchev–Trinajstić information content (AvgIpc) is 2.69. The molecule has 0 atom stereocenters. The summed E-state index contributed by atoms with van der Waals surface area (Å²) in [6.07, 6.45) is 3.45. The highest BCUT2D eigenvalue weighted by molar-refractivity contribution is 7.13. The third kappa shape index (κ3) is 1.96. The molecule has 4 heteroatoms. The van der Waals surface area contributed by atoms with Crippen molar-refractivity contribution >= 4 is 23.4 Å². The molecular formula is C11H12O3S. The third-order valence-electron chi connectivity index (χ3n) is 2.47. The minimum Gasteiger partial charge on any atom is -0.466 e. The summed E-state index contributed by atoms with van der Waals surface area (Å²) in [7, 11) is 1.40. The van der Waals surface area contributed by atoms with Gasteiger partial charge in [-0.05, 0) is 30.5 Å². The van der Waals surface area contributed by atoms with Crippen LogP contribution in [0.4, 0.5) is 0 Å². The second kappa shape index (κ2) is 4.16. The molecular weight excluding hydrogens is 212 g/mol. The number of aryl methyl sites for hydroxylation is 1. The van der Waals surface area contributed by atoms with Crippen LogP contribution in [0, 0.1) is 0 Å². The molecule has 1 aromatic heterocycles. The van der Waals surface area contributed by atoms with Crippen LogP contribution in [0.15, 0.2) is 11.6 Å². The van der Waals surface area contributed by atoms with Gasteiger partial charge in [-0.3, -0.25) is 0 Å². The van der Waals surface area contributed by atoms with E-state index in [0.717, 1.165) is 28.2 Å². The SMILES string of the molecule is COC(=O)C1=Cc2sc(CO)cc2CC1. The van der Waals surface area contributed by atoms with Crippen molar-refractivity contribution in [3.8, 4) is 0 Å². The van der Waals surface area contributed by atoms with Crippen LogP contribution in [-0.4, -0.2) is 18.2 Å². The van der Waals surface area contributed by atoms with Crippen LogP contribution >= 0.6 is 11.3 Å². The number of thiophene rings is 1. The number of carbonyl (C=O) groups excluding carboxylic acids is 1. The maximum absolute atomic E-state index is 11.3. The van der Waals surface area contributed by atoms with Gasteiger partial charge in [0, 0.05) is 15.3 Å². The molecule has 1 aliphatic carbocycles. The molecule has 0 unspecified atom stereocenters.